The zero-order chi connectivity index (χ0) is 28.8. The van der Waals surface area contributed by atoms with Crippen LogP contribution in [-0.2, 0) is 0 Å². The number of halogens is 5. The van der Waals surface area contributed by atoms with Gasteiger partial charge in [-0.15, -0.1) is 0 Å². The summed E-state index contributed by atoms with van der Waals surface area (Å²) in [5, 5.41) is 10.2. The predicted molar refractivity (Wildman–Crippen MR) is 147 cm³/mol. The van der Waals surface area contributed by atoms with E-state index in [9.17, 15) is 27.1 Å². The Kier molecular flexibility index (Phi) is 21.6. The standard InChI is InChI=1S/C25H54N.C6HF5O/c1-5-8-11-14-17-20-23-26(4,24-21-18-15-12-9-6-2)25-22-19-16-13-10-7-3;7-1-2(8)4(10)6(12)5(11)3(1)9/h5-25H2,1-4H3;12H/q+1;/p-1. The number of unbranched alkanes of at least 4 members (excludes halogenated alkanes) is 15. The number of nitrogens with zero attached hydrogens (tertiary/aromatic N) is 1. The summed E-state index contributed by atoms with van der Waals surface area (Å²) in [5.74, 6) is -13.6. The van der Waals surface area contributed by atoms with Crippen LogP contribution in [0.5, 0.6) is 5.75 Å². The fraction of sp³-hybridized carbons (Fsp3) is 0.806. The number of hydrogen-bond donors (Lipinski definition) is 0. The first kappa shape index (κ1) is 36.6. The highest BCUT2D eigenvalue weighted by molar-refractivity contribution is 5.26. The molecule has 0 aliphatic heterocycles. The third kappa shape index (κ3) is 15.9. The quantitative estimate of drug-likeness (QED) is 0.0490. The minimum absolute atomic E-state index is 1.36. The van der Waals surface area contributed by atoms with E-state index in [0.29, 0.717) is 0 Å². The highest BCUT2D eigenvalue weighted by atomic mass is 19.2. The lowest BCUT2D eigenvalue weighted by atomic mass is 10.1. The van der Waals surface area contributed by atoms with Crippen LogP contribution < -0.4 is 5.11 Å². The Morgan fingerprint density at radius 2 is 0.658 bits per heavy atom. The lowest BCUT2D eigenvalue weighted by Gasteiger charge is -2.35. The van der Waals surface area contributed by atoms with Gasteiger partial charge >= 0.3 is 0 Å². The van der Waals surface area contributed by atoms with Gasteiger partial charge in [0.1, 0.15) is 0 Å². The zero-order valence-electron chi connectivity index (χ0n) is 24.6. The fourth-order valence-corrected chi connectivity index (χ4v) is 4.74. The highest BCUT2D eigenvalue weighted by Gasteiger charge is 2.21. The van der Waals surface area contributed by atoms with Gasteiger partial charge in [0.15, 0.2) is 29.1 Å². The van der Waals surface area contributed by atoms with Crippen molar-refractivity contribution in [2.24, 2.45) is 0 Å². The summed E-state index contributed by atoms with van der Waals surface area (Å²) in [6.07, 6.45) is 25.9. The summed E-state index contributed by atoms with van der Waals surface area (Å²) >= 11 is 0. The Morgan fingerprint density at radius 3 is 0.947 bits per heavy atom. The van der Waals surface area contributed by atoms with Crippen LogP contribution in [0.1, 0.15) is 136 Å². The molecule has 0 aromatic heterocycles. The van der Waals surface area contributed by atoms with Gasteiger partial charge in [-0.25, -0.2) is 22.0 Å². The minimum atomic E-state index is -2.33. The van der Waals surface area contributed by atoms with E-state index in [2.05, 4.69) is 27.8 Å². The van der Waals surface area contributed by atoms with Gasteiger partial charge < -0.3 is 9.59 Å². The lowest BCUT2D eigenvalue weighted by molar-refractivity contribution is -0.910. The first-order valence-corrected chi connectivity index (χ1v) is 15.2. The first-order chi connectivity index (χ1) is 18.1. The molecule has 0 unspecified atom stereocenters. The molecule has 0 heterocycles. The van der Waals surface area contributed by atoms with Crippen LogP contribution in [0.2, 0.25) is 0 Å². The Hall–Kier alpha value is -1.37. The zero-order valence-corrected chi connectivity index (χ0v) is 24.6. The molecule has 224 valence electrons. The van der Waals surface area contributed by atoms with Gasteiger partial charge in [0.25, 0.3) is 0 Å². The van der Waals surface area contributed by atoms with Gasteiger partial charge in [-0.05, 0) is 44.3 Å². The molecule has 2 nitrogen and oxygen atoms in total. The maximum Gasteiger partial charge on any atom is 0.200 e. The van der Waals surface area contributed by atoms with Gasteiger partial charge in [0, 0.05) is 0 Å². The molecule has 0 atom stereocenters. The van der Waals surface area contributed by atoms with Crippen LogP contribution in [0.3, 0.4) is 0 Å². The van der Waals surface area contributed by atoms with Crippen LogP contribution in [-0.4, -0.2) is 31.2 Å². The van der Waals surface area contributed by atoms with Gasteiger partial charge in [-0.2, -0.15) is 0 Å². The summed E-state index contributed by atoms with van der Waals surface area (Å²) < 4.78 is 61.8. The normalized spacial score (nSPS) is 11.5. The first-order valence-electron chi connectivity index (χ1n) is 15.2. The highest BCUT2D eigenvalue weighted by Crippen LogP contribution is 2.25. The second-order valence-electron chi connectivity index (χ2n) is 11.0. The molecule has 0 saturated heterocycles. The van der Waals surface area contributed by atoms with Gasteiger partial charge in [0.05, 0.1) is 26.7 Å². The van der Waals surface area contributed by atoms with Crippen LogP contribution in [0.25, 0.3) is 0 Å². The molecule has 0 N–H and O–H groups in total. The molecule has 38 heavy (non-hydrogen) atoms. The lowest BCUT2D eigenvalue weighted by Crippen LogP contribution is -2.46. The molecule has 1 aromatic rings. The smallest absolute Gasteiger partial charge is 0.200 e. The van der Waals surface area contributed by atoms with E-state index < -0.39 is 34.8 Å². The van der Waals surface area contributed by atoms with E-state index in [1.165, 1.54) is 140 Å². The van der Waals surface area contributed by atoms with Crippen molar-refractivity contribution < 1.29 is 31.5 Å². The van der Waals surface area contributed by atoms with Crippen molar-refractivity contribution in [1.29, 1.82) is 0 Å². The van der Waals surface area contributed by atoms with Crippen molar-refractivity contribution in [2.45, 2.75) is 136 Å². The molecule has 0 spiro atoms. The van der Waals surface area contributed by atoms with E-state index >= 15 is 0 Å². The number of rotatable bonds is 21. The molecule has 0 aliphatic rings. The Bertz CT molecular complexity index is 583. The van der Waals surface area contributed by atoms with Crippen LogP contribution in [0.15, 0.2) is 0 Å². The molecule has 1 aromatic carbocycles. The molecule has 0 amide bonds. The molecule has 7 heteroatoms. The van der Waals surface area contributed by atoms with Gasteiger partial charge in [-0.1, -0.05) is 97.8 Å². The van der Waals surface area contributed by atoms with Crippen LogP contribution in [0.4, 0.5) is 22.0 Å². The third-order valence-corrected chi connectivity index (χ3v) is 7.32. The fourth-order valence-electron chi connectivity index (χ4n) is 4.74. The number of hydrogen-bond acceptors (Lipinski definition) is 1. The van der Waals surface area contributed by atoms with E-state index in [0.717, 1.165) is 0 Å². The van der Waals surface area contributed by atoms with Crippen molar-refractivity contribution in [1.82, 2.24) is 0 Å². The van der Waals surface area contributed by atoms with Crippen molar-refractivity contribution in [2.75, 3.05) is 26.7 Å². The van der Waals surface area contributed by atoms with Crippen molar-refractivity contribution in [3.8, 4) is 5.75 Å². The average molecular weight is 552 g/mol. The third-order valence-electron chi connectivity index (χ3n) is 7.32. The van der Waals surface area contributed by atoms with E-state index in [4.69, 9.17) is 0 Å². The monoisotopic (exact) mass is 551 g/mol. The Balaban J connectivity index is 0.000000942. The van der Waals surface area contributed by atoms with E-state index in [1.807, 2.05) is 0 Å². The average Bonchev–Trinajstić information content (AvgIpc) is 2.91. The van der Waals surface area contributed by atoms with Crippen molar-refractivity contribution in [3.05, 3.63) is 29.1 Å². The van der Waals surface area contributed by atoms with E-state index in [1.54, 1.807) is 0 Å². The van der Waals surface area contributed by atoms with Crippen LogP contribution in [0, 0.1) is 29.1 Å². The van der Waals surface area contributed by atoms with Gasteiger partial charge in [-0.3, -0.25) is 0 Å². The van der Waals surface area contributed by atoms with Gasteiger partial charge in [0.2, 0.25) is 0 Å². The predicted octanol–water partition coefficient (Wildman–Crippen LogP) is 9.97. The van der Waals surface area contributed by atoms with Crippen molar-refractivity contribution >= 4 is 0 Å². The summed E-state index contributed by atoms with van der Waals surface area (Å²) in [6, 6.07) is 0. The summed E-state index contributed by atoms with van der Waals surface area (Å²) in [5.41, 5.74) is 0. The maximum atomic E-state index is 12.1. The Morgan fingerprint density at radius 1 is 0.421 bits per heavy atom. The summed E-state index contributed by atoms with van der Waals surface area (Å²) in [6.45, 7) is 11.2. The molecular formula is C31H54F5NO. The second-order valence-corrected chi connectivity index (χ2v) is 11.0. The molecule has 0 fully saturated rings. The molecule has 0 saturated carbocycles. The number of benzene rings is 1. The van der Waals surface area contributed by atoms with Crippen molar-refractivity contribution in [3.63, 3.8) is 0 Å². The SMILES string of the molecule is CCCCCCCC[N+](C)(CCCCCCCC)CCCCCCCC.[O-]c1c(F)c(F)c(F)c(F)c1F. The maximum absolute atomic E-state index is 12.1. The molecule has 0 bridgehead atoms. The second kappa shape index (κ2) is 22.4. The number of quaternary nitrogens is 1. The molecule has 1 rings (SSSR count). The van der Waals surface area contributed by atoms with E-state index in [-0.39, 0.29) is 0 Å². The molecule has 0 radical (unpaired) electrons. The summed E-state index contributed by atoms with van der Waals surface area (Å²) in [4.78, 5) is 0. The molecule has 0 aliphatic carbocycles. The minimum Gasteiger partial charge on any atom is -0.868 e. The topological polar surface area (TPSA) is 23.1 Å². The molecular weight excluding hydrogens is 497 g/mol. The Labute approximate surface area is 229 Å². The van der Waals surface area contributed by atoms with Crippen LogP contribution >= 0.6 is 0 Å². The largest absolute Gasteiger partial charge is 0.868 e. The summed E-state index contributed by atoms with van der Waals surface area (Å²) in [7, 11) is 2.56.